The maximum absolute atomic E-state index is 12.5. The van der Waals surface area contributed by atoms with Gasteiger partial charge in [-0.3, -0.25) is 18.7 Å². The van der Waals surface area contributed by atoms with Crippen molar-refractivity contribution in [3.63, 3.8) is 0 Å². The van der Waals surface area contributed by atoms with Crippen molar-refractivity contribution < 1.29 is 9.53 Å². The first-order valence-electron chi connectivity index (χ1n) is 7.76. The van der Waals surface area contributed by atoms with Gasteiger partial charge < -0.3 is 9.30 Å². The minimum Gasteiger partial charge on any atom is -0.465 e. The first kappa shape index (κ1) is 18.0. The van der Waals surface area contributed by atoms with Crippen molar-refractivity contribution in [1.82, 2.24) is 18.7 Å². The van der Waals surface area contributed by atoms with Crippen LogP contribution in [0, 0.1) is 5.41 Å². The number of ether oxygens (including phenoxy) is 1. The molecule has 1 aliphatic carbocycles. The molecule has 3 rings (SSSR count). The maximum atomic E-state index is 12.5. The number of alkyl halides is 2. The minimum absolute atomic E-state index is 0.0668. The molecule has 0 radical (unpaired) electrons. The molecule has 1 fully saturated rings. The van der Waals surface area contributed by atoms with E-state index >= 15 is 0 Å². The number of hydrogen-bond acceptors (Lipinski definition) is 5. The lowest BCUT2D eigenvalue weighted by atomic mass is 10.1. The Kier molecular flexibility index (Phi) is 4.23. The lowest BCUT2D eigenvalue weighted by Gasteiger charge is -2.12. The Morgan fingerprint density at radius 2 is 2.00 bits per heavy atom. The van der Waals surface area contributed by atoms with Gasteiger partial charge in [0.2, 0.25) is 0 Å². The van der Waals surface area contributed by atoms with E-state index in [4.69, 9.17) is 27.9 Å². The second-order valence-electron chi connectivity index (χ2n) is 6.53. The van der Waals surface area contributed by atoms with Crippen molar-refractivity contribution in [3.05, 3.63) is 27.2 Å². The Morgan fingerprint density at radius 3 is 2.60 bits per heavy atom. The third kappa shape index (κ3) is 2.77. The van der Waals surface area contributed by atoms with E-state index in [1.165, 1.54) is 10.9 Å². The molecule has 10 heteroatoms. The number of hydrogen-bond donors (Lipinski definition) is 0. The van der Waals surface area contributed by atoms with E-state index in [0.29, 0.717) is 24.0 Å². The van der Waals surface area contributed by atoms with Gasteiger partial charge in [0.25, 0.3) is 5.56 Å². The number of carbonyl (C=O) groups is 1. The van der Waals surface area contributed by atoms with Crippen LogP contribution in [0.5, 0.6) is 0 Å². The van der Waals surface area contributed by atoms with Crippen LogP contribution in [-0.4, -0.2) is 35.6 Å². The van der Waals surface area contributed by atoms with E-state index in [9.17, 15) is 14.4 Å². The fourth-order valence-electron chi connectivity index (χ4n) is 2.76. The highest BCUT2D eigenvalue weighted by Crippen LogP contribution is 2.64. The van der Waals surface area contributed by atoms with Crippen molar-refractivity contribution in [2.75, 3.05) is 6.61 Å². The Morgan fingerprint density at radius 1 is 1.36 bits per heavy atom. The van der Waals surface area contributed by atoms with Gasteiger partial charge in [-0.25, -0.2) is 9.78 Å². The zero-order valence-corrected chi connectivity index (χ0v) is 15.6. The highest BCUT2D eigenvalue weighted by molar-refractivity contribution is 6.53. The molecule has 2 aromatic heterocycles. The molecular weight excluding hydrogens is 371 g/mol. The first-order chi connectivity index (χ1) is 11.6. The number of halogens is 2. The lowest BCUT2D eigenvalue weighted by molar-refractivity contribution is -0.149. The highest BCUT2D eigenvalue weighted by Gasteiger charge is 2.69. The number of carbonyl (C=O) groups excluding carboxylic acids is 1. The second kappa shape index (κ2) is 5.88. The Labute approximate surface area is 152 Å². The lowest BCUT2D eigenvalue weighted by Crippen LogP contribution is -2.39. The molecule has 0 bridgehead atoms. The van der Waals surface area contributed by atoms with Crippen LogP contribution in [0.4, 0.5) is 0 Å². The van der Waals surface area contributed by atoms with Gasteiger partial charge in [0.1, 0.15) is 9.75 Å². The molecule has 0 saturated heterocycles. The highest BCUT2D eigenvalue weighted by atomic mass is 35.5. The third-order valence-corrected chi connectivity index (χ3v) is 5.77. The van der Waals surface area contributed by atoms with E-state index in [0.717, 1.165) is 4.57 Å². The van der Waals surface area contributed by atoms with E-state index < -0.39 is 27.0 Å². The van der Waals surface area contributed by atoms with Crippen LogP contribution in [0.3, 0.4) is 0 Å². The fraction of sp³-hybridized carbons (Fsp3) is 0.600. The molecule has 1 saturated carbocycles. The summed E-state index contributed by atoms with van der Waals surface area (Å²) >= 11 is 11.9. The molecule has 1 aliphatic rings. The largest absolute Gasteiger partial charge is 0.465 e. The topological polar surface area (TPSA) is 88.1 Å². The molecule has 2 aromatic rings. The van der Waals surface area contributed by atoms with E-state index in [-0.39, 0.29) is 13.2 Å². The van der Waals surface area contributed by atoms with Gasteiger partial charge in [0, 0.05) is 27.1 Å². The summed E-state index contributed by atoms with van der Waals surface area (Å²) in [6, 6.07) is 0. The summed E-state index contributed by atoms with van der Waals surface area (Å²) < 4.78 is 8.11. The molecule has 1 atom stereocenters. The first-order valence-corrected chi connectivity index (χ1v) is 8.51. The van der Waals surface area contributed by atoms with Gasteiger partial charge in [0.05, 0.1) is 12.9 Å². The molecule has 0 amide bonds. The smallest absolute Gasteiger partial charge is 0.332 e. The van der Waals surface area contributed by atoms with Crippen LogP contribution in [-0.2, 0) is 30.2 Å². The standard InChI is InChI=1S/C15H18Cl2N4O4/c1-14(7-15(14,16)17)12(23)25-6-4-5-21-11(22)9-10(18-8-19(9)2)20(3)13(21)24/h8H,4-7H2,1-3H3. The van der Waals surface area contributed by atoms with Crippen molar-refractivity contribution in [2.45, 2.75) is 30.6 Å². The Bertz CT molecular complexity index is 974. The average Bonchev–Trinajstić information content (AvgIpc) is 2.88. The van der Waals surface area contributed by atoms with Gasteiger partial charge in [-0.05, 0) is 13.3 Å². The van der Waals surface area contributed by atoms with Crippen LogP contribution >= 0.6 is 23.2 Å². The summed E-state index contributed by atoms with van der Waals surface area (Å²) in [6.45, 7) is 1.84. The molecule has 2 heterocycles. The quantitative estimate of drug-likeness (QED) is 0.432. The Balaban J connectivity index is 1.70. The molecule has 1 unspecified atom stereocenters. The van der Waals surface area contributed by atoms with Gasteiger partial charge in [-0.1, -0.05) is 0 Å². The number of esters is 1. The summed E-state index contributed by atoms with van der Waals surface area (Å²) in [5.41, 5.74) is -1.09. The predicted molar refractivity (Wildman–Crippen MR) is 93.0 cm³/mol. The van der Waals surface area contributed by atoms with Crippen LogP contribution in [0.25, 0.3) is 11.2 Å². The second-order valence-corrected chi connectivity index (χ2v) is 8.01. The summed E-state index contributed by atoms with van der Waals surface area (Å²) in [5.74, 6) is -0.472. The molecule has 8 nitrogen and oxygen atoms in total. The third-order valence-electron chi connectivity index (χ3n) is 4.67. The van der Waals surface area contributed by atoms with Gasteiger partial charge in [0.15, 0.2) is 11.2 Å². The van der Waals surface area contributed by atoms with Gasteiger partial charge in [-0.15, -0.1) is 23.2 Å². The van der Waals surface area contributed by atoms with Crippen molar-refractivity contribution in [1.29, 1.82) is 0 Å². The van der Waals surface area contributed by atoms with Crippen LogP contribution in [0.2, 0.25) is 0 Å². The van der Waals surface area contributed by atoms with E-state index in [1.807, 2.05) is 0 Å². The zero-order chi connectivity index (χ0) is 18.6. The molecule has 0 spiro atoms. The average molecular weight is 389 g/mol. The van der Waals surface area contributed by atoms with Crippen molar-refractivity contribution >= 4 is 40.3 Å². The van der Waals surface area contributed by atoms with Crippen LogP contribution in [0.1, 0.15) is 19.8 Å². The minimum atomic E-state index is -1.08. The number of imidazole rings is 1. The van der Waals surface area contributed by atoms with Gasteiger partial charge >= 0.3 is 11.7 Å². The number of aromatic nitrogens is 4. The number of nitrogens with zero attached hydrogens (tertiary/aromatic N) is 4. The van der Waals surface area contributed by atoms with Crippen LogP contribution in [0.15, 0.2) is 15.9 Å². The number of rotatable bonds is 5. The van der Waals surface area contributed by atoms with Crippen LogP contribution < -0.4 is 11.2 Å². The molecule has 0 aliphatic heterocycles. The normalized spacial score (nSPS) is 21.5. The SMILES string of the molecule is Cn1cnc2c1c(=O)n(CCCOC(=O)C1(C)CC1(Cl)Cl)c(=O)n2C. The number of fused-ring (bicyclic) bond motifs is 1. The molecule has 25 heavy (non-hydrogen) atoms. The summed E-state index contributed by atoms with van der Waals surface area (Å²) in [5, 5.41) is 0. The summed E-state index contributed by atoms with van der Waals surface area (Å²) in [4.78, 5) is 40.9. The van der Waals surface area contributed by atoms with E-state index in [2.05, 4.69) is 4.98 Å². The summed E-state index contributed by atoms with van der Waals surface area (Å²) in [6.07, 6.45) is 2.15. The fourth-order valence-corrected chi connectivity index (χ4v) is 3.45. The molecule has 136 valence electrons. The zero-order valence-electron chi connectivity index (χ0n) is 14.1. The monoisotopic (exact) mass is 388 g/mol. The summed E-state index contributed by atoms with van der Waals surface area (Å²) in [7, 11) is 3.25. The predicted octanol–water partition coefficient (Wildman–Crippen LogP) is 0.951. The molecular formula is C15H18Cl2N4O4. The van der Waals surface area contributed by atoms with E-state index in [1.54, 1.807) is 25.6 Å². The number of aryl methyl sites for hydroxylation is 2. The maximum Gasteiger partial charge on any atom is 0.332 e. The molecule has 0 aromatic carbocycles. The molecule has 0 N–H and O–H groups in total. The van der Waals surface area contributed by atoms with Crippen molar-refractivity contribution in [3.8, 4) is 0 Å². The van der Waals surface area contributed by atoms with Gasteiger partial charge in [-0.2, -0.15) is 0 Å². The van der Waals surface area contributed by atoms with Crippen molar-refractivity contribution in [2.24, 2.45) is 19.5 Å². The Hall–Kier alpha value is -1.80.